The number of hydrogen-bond acceptors (Lipinski definition) is 6. The van der Waals surface area contributed by atoms with E-state index in [-0.39, 0.29) is 17.8 Å². The van der Waals surface area contributed by atoms with Gasteiger partial charge in [-0.05, 0) is 24.6 Å². The number of amides is 1. The van der Waals surface area contributed by atoms with E-state index in [0.717, 1.165) is 16.9 Å². The summed E-state index contributed by atoms with van der Waals surface area (Å²) in [6, 6.07) is 4.79. The molecule has 0 fully saturated rings. The zero-order chi connectivity index (χ0) is 20.6. The standard InChI is InChI=1S/C17H20F3N5O3/c1-28-10-9-25-15(26)6-4-13(24-25)16(27)22-8-2-7-21-14-5-3-12(11-23-14)17(18,19)20/h3-6,11H,2,7-10H2,1H3,(H,21,23)(H,22,27). The van der Waals surface area contributed by atoms with Gasteiger partial charge in [-0.15, -0.1) is 0 Å². The van der Waals surface area contributed by atoms with E-state index in [0.29, 0.717) is 31.9 Å². The average Bonchev–Trinajstić information content (AvgIpc) is 2.66. The molecule has 2 heterocycles. The molecular weight excluding hydrogens is 379 g/mol. The minimum atomic E-state index is -4.42. The lowest BCUT2D eigenvalue weighted by Crippen LogP contribution is -2.31. The number of methoxy groups -OCH3 is 1. The van der Waals surface area contributed by atoms with E-state index in [1.54, 1.807) is 0 Å². The second-order valence-corrected chi connectivity index (χ2v) is 5.74. The van der Waals surface area contributed by atoms with E-state index in [4.69, 9.17) is 4.74 Å². The van der Waals surface area contributed by atoms with Crippen molar-refractivity contribution in [2.24, 2.45) is 0 Å². The van der Waals surface area contributed by atoms with Crippen molar-refractivity contribution in [1.82, 2.24) is 20.1 Å². The number of rotatable bonds is 9. The number of anilines is 1. The van der Waals surface area contributed by atoms with E-state index in [9.17, 15) is 22.8 Å². The maximum absolute atomic E-state index is 12.5. The third-order valence-electron chi connectivity index (χ3n) is 3.64. The molecule has 0 aliphatic rings. The Morgan fingerprint density at radius 3 is 2.64 bits per heavy atom. The summed E-state index contributed by atoms with van der Waals surface area (Å²) >= 11 is 0. The minimum Gasteiger partial charge on any atom is -0.383 e. The Kier molecular flexibility index (Phi) is 7.50. The number of nitrogens with one attached hydrogen (secondary N) is 2. The lowest BCUT2D eigenvalue weighted by molar-refractivity contribution is -0.137. The van der Waals surface area contributed by atoms with Crippen LogP contribution >= 0.6 is 0 Å². The number of carbonyl (C=O) groups excluding carboxylic acids is 1. The fourth-order valence-electron chi connectivity index (χ4n) is 2.17. The summed E-state index contributed by atoms with van der Waals surface area (Å²) in [6.07, 6.45) is -3.15. The number of hydrogen-bond donors (Lipinski definition) is 2. The molecule has 0 unspecified atom stereocenters. The van der Waals surface area contributed by atoms with E-state index in [1.165, 1.54) is 25.3 Å². The number of nitrogens with zero attached hydrogens (tertiary/aromatic N) is 3. The van der Waals surface area contributed by atoms with E-state index < -0.39 is 17.6 Å². The maximum Gasteiger partial charge on any atom is 0.417 e. The van der Waals surface area contributed by atoms with Crippen molar-refractivity contribution in [3.05, 3.63) is 52.1 Å². The van der Waals surface area contributed by atoms with Crippen molar-refractivity contribution in [2.75, 3.05) is 32.1 Å². The van der Waals surface area contributed by atoms with Crippen LogP contribution in [0.25, 0.3) is 0 Å². The van der Waals surface area contributed by atoms with Gasteiger partial charge in [0.25, 0.3) is 11.5 Å². The Morgan fingerprint density at radius 2 is 2.00 bits per heavy atom. The highest BCUT2D eigenvalue weighted by molar-refractivity contribution is 5.91. The van der Waals surface area contributed by atoms with Crippen molar-refractivity contribution < 1.29 is 22.7 Å². The van der Waals surface area contributed by atoms with Gasteiger partial charge >= 0.3 is 6.18 Å². The number of halogens is 3. The topological polar surface area (TPSA) is 98.1 Å². The number of aromatic nitrogens is 3. The monoisotopic (exact) mass is 399 g/mol. The molecule has 2 N–H and O–H groups in total. The Balaban J connectivity index is 1.76. The molecule has 11 heteroatoms. The first-order valence-corrected chi connectivity index (χ1v) is 8.43. The van der Waals surface area contributed by atoms with Gasteiger partial charge in [0.2, 0.25) is 0 Å². The molecule has 2 aromatic heterocycles. The van der Waals surface area contributed by atoms with E-state index in [2.05, 4.69) is 20.7 Å². The summed E-state index contributed by atoms with van der Waals surface area (Å²) in [6.45, 7) is 1.24. The summed E-state index contributed by atoms with van der Waals surface area (Å²) in [5.41, 5.74) is -1.04. The predicted molar refractivity (Wildman–Crippen MR) is 95.1 cm³/mol. The largest absolute Gasteiger partial charge is 0.417 e. The maximum atomic E-state index is 12.5. The van der Waals surface area contributed by atoms with Gasteiger partial charge in [-0.2, -0.15) is 18.3 Å². The molecule has 152 valence electrons. The Hall–Kier alpha value is -2.95. The van der Waals surface area contributed by atoms with Gasteiger partial charge in [-0.3, -0.25) is 9.59 Å². The van der Waals surface area contributed by atoms with Crippen LogP contribution in [0.4, 0.5) is 19.0 Å². The predicted octanol–water partition coefficient (Wildman–Crippen LogP) is 1.54. The van der Waals surface area contributed by atoms with Crippen molar-refractivity contribution in [2.45, 2.75) is 19.1 Å². The Bertz CT molecular complexity index is 837. The molecule has 0 aromatic carbocycles. The van der Waals surface area contributed by atoms with Gasteiger partial charge in [0, 0.05) is 32.5 Å². The second-order valence-electron chi connectivity index (χ2n) is 5.74. The van der Waals surface area contributed by atoms with Crippen molar-refractivity contribution in [3.63, 3.8) is 0 Å². The fraction of sp³-hybridized carbons (Fsp3) is 0.412. The molecule has 28 heavy (non-hydrogen) atoms. The van der Waals surface area contributed by atoms with E-state index in [1.807, 2.05) is 0 Å². The smallest absolute Gasteiger partial charge is 0.383 e. The van der Waals surface area contributed by atoms with Gasteiger partial charge in [-0.1, -0.05) is 0 Å². The summed E-state index contributed by atoms with van der Waals surface area (Å²) in [7, 11) is 1.50. The van der Waals surface area contributed by atoms with Crippen molar-refractivity contribution >= 4 is 11.7 Å². The highest BCUT2D eigenvalue weighted by Crippen LogP contribution is 2.28. The molecule has 0 spiro atoms. The first-order chi connectivity index (χ1) is 13.3. The molecule has 1 amide bonds. The van der Waals surface area contributed by atoms with Gasteiger partial charge < -0.3 is 15.4 Å². The molecule has 2 aromatic rings. The van der Waals surface area contributed by atoms with Crippen molar-refractivity contribution in [1.29, 1.82) is 0 Å². The molecule has 0 atom stereocenters. The highest BCUT2D eigenvalue weighted by atomic mass is 19.4. The van der Waals surface area contributed by atoms with Crippen LogP contribution in [0.5, 0.6) is 0 Å². The highest BCUT2D eigenvalue weighted by Gasteiger charge is 2.30. The van der Waals surface area contributed by atoms with Crippen molar-refractivity contribution in [3.8, 4) is 0 Å². The van der Waals surface area contributed by atoms with Crippen LogP contribution in [-0.2, 0) is 17.5 Å². The minimum absolute atomic E-state index is 0.105. The van der Waals surface area contributed by atoms with Crippen LogP contribution in [0, 0.1) is 0 Å². The van der Waals surface area contributed by atoms with Crippen LogP contribution in [-0.4, -0.2) is 47.5 Å². The molecular formula is C17H20F3N5O3. The van der Waals surface area contributed by atoms with Gasteiger partial charge in [0.1, 0.15) is 11.5 Å². The average molecular weight is 399 g/mol. The third kappa shape index (κ3) is 6.34. The van der Waals surface area contributed by atoms with Crippen LogP contribution < -0.4 is 16.2 Å². The lowest BCUT2D eigenvalue weighted by atomic mass is 10.3. The van der Waals surface area contributed by atoms with Gasteiger partial charge in [0.05, 0.1) is 18.7 Å². The quantitative estimate of drug-likeness (QED) is 0.621. The summed E-state index contributed by atoms with van der Waals surface area (Å²) in [4.78, 5) is 27.4. The number of alkyl halides is 3. The molecule has 0 aliphatic heterocycles. The fourth-order valence-corrected chi connectivity index (χ4v) is 2.17. The number of ether oxygens (including phenoxy) is 1. The van der Waals surface area contributed by atoms with Gasteiger partial charge in [-0.25, -0.2) is 9.67 Å². The number of pyridine rings is 1. The van der Waals surface area contributed by atoms with Gasteiger partial charge in [0.15, 0.2) is 0 Å². The van der Waals surface area contributed by atoms with E-state index >= 15 is 0 Å². The number of carbonyl (C=O) groups is 1. The first kappa shape index (κ1) is 21.4. The Morgan fingerprint density at radius 1 is 1.21 bits per heavy atom. The molecule has 0 bridgehead atoms. The Labute approximate surface area is 158 Å². The first-order valence-electron chi connectivity index (χ1n) is 8.43. The SMILES string of the molecule is COCCn1nc(C(=O)NCCCNc2ccc(C(F)(F)F)cn2)ccc1=O. The van der Waals surface area contributed by atoms with Crippen LogP contribution in [0.2, 0.25) is 0 Å². The van der Waals surface area contributed by atoms with Crippen LogP contribution in [0.15, 0.2) is 35.3 Å². The van der Waals surface area contributed by atoms with Crippen LogP contribution in [0.1, 0.15) is 22.5 Å². The lowest BCUT2D eigenvalue weighted by Gasteiger charge is -2.09. The zero-order valence-electron chi connectivity index (χ0n) is 15.1. The molecule has 0 radical (unpaired) electrons. The second kappa shape index (κ2) is 9.83. The molecule has 2 rings (SSSR count). The summed E-state index contributed by atoms with van der Waals surface area (Å²) in [5, 5.41) is 9.51. The normalized spacial score (nSPS) is 11.3. The summed E-state index contributed by atoms with van der Waals surface area (Å²) < 4.78 is 43.4. The molecule has 8 nitrogen and oxygen atoms in total. The molecule has 0 saturated carbocycles. The zero-order valence-corrected chi connectivity index (χ0v) is 15.1. The van der Waals surface area contributed by atoms with Crippen LogP contribution in [0.3, 0.4) is 0 Å². The third-order valence-corrected chi connectivity index (χ3v) is 3.64. The summed E-state index contributed by atoms with van der Waals surface area (Å²) in [5.74, 6) is -0.120. The molecule has 0 aliphatic carbocycles. The molecule has 0 saturated heterocycles.